The highest BCUT2D eigenvalue weighted by atomic mass is 16.2. The minimum Gasteiger partial charge on any atom is -0.345 e. The number of carbonyl (C=O) groups is 2. The summed E-state index contributed by atoms with van der Waals surface area (Å²) in [6.07, 6.45) is 5.12. The van der Waals surface area contributed by atoms with Crippen LogP contribution in [-0.4, -0.2) is 40.0 Å². The first-order valence-corrected chi connectivity index (χ1v) is 9.37. The van der Waals surface area contributed by atoms with Crippen LogP contribution in [0.2, 0.25) is 0 Å². The van der Waals surface area contributed by atoms with Crippen molar-refractivity contribution in [2.45, 2.75) is 44.6 Å². The zero-order valence-corrected chi connectivity index (χ0v) is 15.0. The number of fused-ring (bicyclic) bond motifs is 1. The summed E-state index contributed by atoms with van der Waals surface area (Å²) < 4.78 is 0. The quantitative estimate of drug-likeness (QED) is 0.888. The van der Waals surface area contributed by atoms with Crippen LogP contribution in [0.1, 0.15) is 65.3 Å². The van der Waals surface area contributed by atoms with Gasteiger partial charge in [-0.3, -0.25) is 14.7 Å². The van der Waals surface area contributed by atoms with Crippen LogP contribution in [-0.2, 0) is 11.2 Å². The average Bonchev–Trinajstić information content (AvgIpc) is 3.27. The molecule has 2 aliphatic heterocycles. The lowest BCUT2D eigenvalue weighted by Gasteiger charge is -2.32. The topological polar surface area (TPSA) is 78.1 Å². The number of aromatic nitrogens is 2. The molecule has 1 atom stereocenters. The van der Waals surface area contributed by atoms with E-state index >= 15 is 0 Å². The van der Waals surface area contributed by atoms with Gasteiger partial charge < -0.3 is 10.2 Å². The zero-order chi connectivity index (χ0) is 18.1. The number of nitrogens with zero attached hydrogens (tertiary/aromatic N) is 2. The Morgan fingerprint density at radius 1 is 1.27 bits per heavy atom. The number of hydrogen-bond donors (Lipinski definition) is 2. The van der Waals surface area contributed by atoms with Gasteiger partial charge in [-0.15, -0.1) is 0 Å². The minimum atomic E-state index is -0.205. The maximum Gasteiger partial charge on any atom is 0.252 e. The molecule has 4 rings (SSSR count). The zero-order valence-electron chi connectivity index (χ0n) is 15.0. The number of hydrogen-bond acceptors (Lipinski definition) is 3. The van der Waals surface area contributed by atoms with E-state index < -0.39 is 0 Å². The van der Waals surface area contributed by atoms with Gasteiger partial charge in [-0.1, -0.05) is 25.1 Å². The largest absolute Gasteiger partial charge is 0.345 e. The number of H-pyrrole nitrogens is 1. The predicted molar refractivity (Wildman–Crippen MR) is 97.8 cm³/mol. The Bertz CT molecular complexity index is 821. The van der Waals surface area contributed by atoms with Crippen molar-refractivity contribution in [1.29, 1.82) is 0 Å². The van der Waals surface area contributed by atoms with Crippen molar-refractivity contribution in [1.82, 2.24) is 20.4 Å². The number of carbonyl (C=O) groups excluding carboxylic acids is 2. The number of likely N-dealkylation sites (tertiary alicyclic amines) is 1. The fourth-order valence-electron chi connectivity index (χ4n) is 4.16. The van der Waals surface area contributed by atoms with Crippen molar-refractivity contribution >= 4 is 11.8 Å². The molecular weight excluding hydrogens is 328 g/mol. The molecule has 136 valence electrons. The van der Waals surface area contributed by atoms with Gasteiger partial charge >= 0.3 is 0 Å². The van der Waals surface area contributed by atoms with E-state index in [-0.39, 0.29) is 17.9 Å². The Kier molecular flexibility index (Phi) is 4.49. The number of piperidine rings is 1. The molecule has 3 heterocycles. The highest BCUT2D eigenvalue weighted by Crippen LogP contribution is 2.31. The third kappa shape index (κ3) is 3.00. The van der Waals surface area contributed by atoms with Crippen molar-refractivity contribution in [2.24, 2.45) is 0 Å². The Hall–Kier alpha value is -2.63. The summed E-state index contributed by atoms with van der Waals surface area (Å²) in [5, 5.41) is 10.3. The minimum absolute atomic E-state index is 0.0801. The lowest BCUT2D eigenvalue weighted by molar-refractivity contribution is -0.132. The predicted octanol–water partition coefficient (Wildman–Crippen LogP) is 2.55. The average molecular weight is 352 g/mol. The summed E-state index contributed by atoms with van der Waals surface area (Å²) in [7, 11) is 0. The first-order chi connectivity index (χ1) is 12.7. The Labute approximate surface area is 153 Å². The summed E-state index contributed by atoms with van der Waals surface area (Å²) in [5.74, 6) is 0.484. The van der Waals surface area contributed by atoms with Crippen LogP contribution in [0.25, 0.3) is 0 Å². The van der Waals surface area contributed by atoms with E-state index in [2.05, 4.69) is 22.4 Å². The van der Waals surface area contributed by atoms with Gasteiger partial charge in [-0.2, -0.15) is 5.10 Å². The molecule has 1 saturated heterocycles. The van der Waals surface area contributed by atoms with Crippen LogP contribution in [0.15, 0.2) is 30.5 Å². The highest BCUT2D eigenvalue weighted by Gasteiger charge is 2.32. The van der Waals surface area contributed by atoms with Gasteiger partial charge in [0.2, 0.25) is 5.91 Å². The van der Waals surface area contributed by atoms with E-state index in [1.165, 1.54) is 11.3 Å². The summed E-state index contributed by atoms with van der Waals surface area (Å²) in [5.41, 5.74) is 4.14. The first-order valence-electron chi connectivity index (χ1n) is 9.37. The van der Waals surface area contributed by atoms with Crippen molar-refractivity contribution in [3.63, 3.8) is 0 Å². The van der Waals surface area contributed by atoms with Gasteiger partial charge in [-0.25, -0.2) is 0 Å². The third-order valence-corrected chi connectivity index (χ3v) is 5.65. The summed E-state index contributed by atoms with van der Waals surface area (Å²) in [6.45, 7) is 3.66. The molecule has 6 nitrogen and oxygen atoms in total. The van der Waals surface area contributed by atoms with E-state index in [9.17, 15) is 9.59 Å². The molecule has 0 saturated carbocycles. The molecule has 2 N–H and O–H groups in total. The van der Waals surface area contributed by atoms with Crippen molar-refractivity contribution < 1.29 is 9.59 Å². The van der Waals surface area contributed by atoms with E-state index in [0.717, 1.165) is 37.9 Å². The van der Waals surface area contributed by atoms with Gasteiger partial charge in [-0.05, 0) is 36.5 Å². The molecule has 6 heteroatoms. The van der Waals surface area contributed by atoms with Gasteiger partial charge in [0.05, 0.1) is 18.7 Å². The molecule has 0 radical (unpaired) electrons. The standard InChI is InChI=1S/C20H24N4O2/c1-2-13-12-21-23-19(13)14-7-9-24(10-8-14)18(25)11-17-15-5-3-4-6-16(15)20(26)22-17/h3-6,12,14,17H,2,7-11H2,1H3,(H,21,23)(H,22,26)/t17-/m0/s1. The molecule has 2 aromatic rings. The fourth-order valence-corrected chi connectivity index (χ4v) is 4.16. The number of aromatic amines is 1. The smallest absolute Gasteiger partial charge is 0.252 e. The second-order valence-electron chi connectivity index (χ2n) is 7.13. The molecule has 0 unspecified atom stereocenters. The molecule has 1 fully saturated rings. The molecule has 1 aromatic heterocycles. The summed E-state index contributed by atoms with van der Waals surface area (Å²) in [4.78, 5) is 26.7. The first kappa shape index (κ1) is 16.8. The van der Waals surface area contributed by atoms with E-state index in [1.54, 1.807) is 0 Å². The summed E-state index contributed by atoms with van der Waals surface area (Å²) >= 11 is 0. The number of aryl methyl sites for hydroxylation is 1. The van der Waals surface area contributed by atoms with Crippen LogP contribution in [0, 0.1) is 0 Å². The van der Waals surface area contributed by atoms with Gasteiger partial charge in [0.1, 0.15) is 0 Å². The maximum absolute atomic E-state index is 12.7. The SMILES string of the molecule is CCc1cn[nH]c1C1CCN(C(=O)C[C@@H]2NC(=O)c3ccccc32)CC1. The molecular formula is C20H24N4O2. The van der Waals surface area contributed by atoms with Gasteiger partial charge in [0, 0.05) is 30.3 Å². The third-order valence-electron chi connectivity index (χ3n) is 5.65. The molecule has 2 aliphatic rings. The second-order valence-corrected chi connectivity index (χ2v) is 7.13. The van der Waals surface area contributed by atoms with Crippen LogP contribution in [0.5, 0.6) is 0 Å². The maximum atomic E-state index is 12.7. The lowest BCUT2D eigenvalue weighted by atomic mass is 9.90. The Balaban J connectivity index is 1.37. The lowest BCUT2D eigenvalue weighted by Crippen LogP contribution is -2.39. The molecule has 1 aromatic carbocycles. The number of benzene rings is 1. The molecule has 0 aliphatic carbocycles. The Morgan fingerprint density at radius 3 is 2.81 bits per heavy atom. The normalized spacial score (nSPS) is 20.1. The van der Waals surface area contributed by atoms with Gasteiger partial charge in [0.25, 0.3) is 5.91 Å². The van der Waals surface area contributed by atoms with E-state index in [4.69, 9.17) is 0 Å². The fraction of sp³-hybridized carbons (Fsp3) is 0.450. The molecule has 2 amide bonds. The van der Waals surface area contributed by atoms with E-state index in [1.807, 2.05) is 35.4 Å². The molecule has 26 heavy (non-hydrogen) atoms. The Morgan fingerprint density at radius 2 is 2.04 bits per heavy atom. The monoisotopic (exact) mass is 352 g/mol. The van der Waals surface area contributed by atoms with Gasteiger partial charge in [0.15, 0.2) is 0 Å². The van der Waals surface area contributed by atoms with Crippen molar-refractivity contribution in [3.05, 3.63) is 52.8 Å². The highest BCUT2D eigenvalue weighted by molar-refractivity contribution is 5.99. The molecule has 0 spiro atoms. The van der Waals surface area contributed by atoms with Crippen LogP contribution >= 0.6 is 0 Å². The molecule has 0 bridgehead atoms. The van der Waals surface area contributed by atoms with Crippen molar-refractivity contribution in [2.75, 3.05) is 13.1 Å². The van der Waals surface area contributed by atoms with Crippen LogP contribution < -0.4 is 5.32 Å². The van der Waals surface area contributed by atoms with Crippen molar-refractivity contribution in [3.8, 4) is 0 Å². The summed E-state index contributed by atoms with van der Waals surface area (Å²) in [6, 6.07) is 7.31. The van der Waals surface area contributed by atoms with Crippen LogP contribution in [0.4, 0.5) is 0 Å². The van der Waals surface area contributed by atoms with E-state index in [0.29, 0.717) is 17.9 Å². The van der Waals surface area contributed by atoms with Crippen LogP contribution in [0.3, 0.4) is 0 Å². The second kappa shape index (κ2) is 6.94. The number of nitrogens with one attached hydrogen (secondary N) is 2. The number of rotatable bonds is 4. The number of amides is 2.